The Bertz CT molecular complexity index is 428. The number of aliphatic hydroxyl groups excluding tert-OH is 1. The first-order valence-corrected chi connectivity index (χ1v) is 6.12. The number of aliphatic imine (C=N–C) groups is 1. The Morgan fingerprint density at radius 3 is 2.94 bits per heavy atom. The second kappa shape index (κ2) is 5.62. The van der Waals surface area contributed by atoms with Gasteiger partial charge in [-0.2, -0.15) is 0 Å². The predicted molar refractivity (Wildman–Crippen MR) is 68.1 cm³/mol. The highest BCUT2D eigenvalue weighted by molar-refractivity contribution is 6.14. The van der Waals surface area contributed by atoms with Gasteiger partial charge in [0.05, 0.1) is 5.57 Å². The van der Waals surface area contributed by atoms with Crippen molar-refractivity contribution in [2.75, 3.05) is 0 Å². The molecule has 0 radical (unpaired) electrons. The molecule has 0 amide bonds. The third-order valence-corrected chi connectivity index (χ3v) is 3.02. The summed E-state index contributed by atoms with van der Waals surface area (Å²) in [6.45, 7) is 0. The Morgan fingerprint density at radius 2 is 2.12 bits per heavy atom. The first-order valence-electron chi connectivity index (χ1n) is 6.12. The van der Waals surface area contributed by atoms with E-state index in [9.17, 15) is 9.90 Å². The van der Waals surface area contributed by atoms with Gasteiger partial charge in [0.15, 0.2) is 5.78 Å². The average Bonchev–Trinajstić information content (AvgIpc) is 2.57. The number of carbonyl (C=O) groups excluding carboxylic acids is 1. The smallest absolute Gasteiger partial charge is 0.167 e. The number of rotatable bonds is 2. The minimum Gasteiger partial charge on any atom is -0.512 e. The fourth-order valence-corrected chi connectivity index (χ4v) is 2.01. The van der Waals surface area contributed by atoms with Gasteiger partial charge in [0.1, 0.15) is 5.76 Å². The highest BCUT2D eigenvalue weighted by atomic mass is 16.3. The van der Waals surface area contributed by atoms with Crippen molar-refractivity contribution in [3.8, 4) is 0 Å². The van der Waals surface area contributed by atoms with Crippen LogP contribution in [0.5, 0.6) is 0 Å². The van der Waals surface area contributed by atoms with Crippen LogP contribution in [0.4, 0.5) is 0 Å². The van der Waals surface area contributed by atoms with Crippen molar-refractivity contribution in [2.24, 2.45) is 4.99 Å². The standard InChI is InChI=1S/C14H17NO2/c16-13-8-5-9-14(17)12(13)10-15-11-6-3-1-2-4-7-11/h1,3,6,10,16H,2,4-5,7-9H2. The van der Waals surface area contributed by atoms with Crippen molar-refractivity contribution >= 4 is 12.0 Å². The summed E-state index contributed by atoms with van der Waals surface area (Å²) in [7, 11) is 0. The van der Waals surface area contributed by atoms with Crippen molar-refractivity contribution in [3.63, 3.8) is 0 Å². The molecule has 0 fully saturated rings. The molecular weight excluding hydrogens is 214 g/mol. The van der Waals surface area contributed by atoms with Gasteiger partial charge >= 0.3 is 0 Å². The predicted octanol–water partition coefficient (Wildman–Crippen LogP) is 3.25. The highest BCUT2D eigenvalue weighted by Crippen LogP contribution is 2.20. The number of hydrogen-bond donors (Lipinski definition) is 1. The number of aliphatic hydroxyl groups is 1. The lowest BCUT2D eigenvalue weighted by molar-refractivity contribution is -0.115. The van der Waals surface area contributed by atoms with E-state index in [4.69, 9.17) is 0 Å². The Kier molecular flexibility index (Phi) is 3.91. The molecule has 3 heteroatoms. The van der Waals surface area contributed by atoms with Crippen LogP contribution >= 0.6 is 0 Å². The molecule has 0 saturated heterocycles. The molecule has 0 atom stereocenters. The van der Waals surface area contributed by atoms with Crippen molar-refractivity contribution in [1.82, 2.24) is 0 Å². The molecular formula is C14H17NO2. The number of hydrogen-bond acceptors (Lipinski definition) is 3. The van der Waals surface area contributed by atoms with E-state index in [1.807, 2.05) is 12.2 Å². The van der Waals surface area contributed by atoms with E-state index in [0.29, 0.717) is 18.4 Å². The van der Waals surface area contributed by atoms with Gasteiger partial charge in [0.25, 0.3) is 0 Å². The summed E-state index contributed by atoms with van der Waals surface area (Å²) < 4.78 is 0. The Morgan fingerprint density at radius 1 is 1.24 bits per heavy atom. The lowest BCUT2D eigenvalue weighted by Crippen LogP contribution is -2.12. The van der Waals surface area contributed by atoms with E-state index < -0.39 is 0 Å². The lowest BCUT2D eigenvalue weighted by atomic mass is 9.97. The normalized spacial score (nSPS) is 21.9. The fourth-order valence-electron chi connectivity index (χ4n) is 2.01. The maximum absolute atomic E-state index is 11.6. The van der Waals surface area contributed by atoms with E-state index in [-0.39, 0.29) is 11.5 Å². The van der Waals surface area contributed by atoms with Gasteiger partial charge < -0.3 is 5.11 Å². The van der Waals surface area contributed by atoms with E-state index in [0.717, 1.165) is 31.4 Å². The van der Waals surface area contributed by atoms with Gasteiger partial charge in [-0.25, -0.2) is 0 Å². The minimum absolute atomic E-state index is 0.00210. The first-order chi connectivity index (χ1) is 8.27. The molecule has 2 aliphatic rings. The molecule has 1 N–H and O–H groups in total. The van der Waals surface area contributed by atoms with Gasteiger partial charge in [-0.3, -0.25) is 9.79 Å². The summed E-state index contributed by atoms with van der Waals surface area (Å²) in [5.74, 6) is 0.192. The number of Topliss-reactive ketones (excluding diaryl/α,β-unsaturated/α-hetero) is 1. The molecule has 0 spiro atoms. The SMILES string of the molecule is O=C1CCCC(O)=C1C=NC1=CC=CCCC1. The number of carbonyl (C=O) groups is 1. The molecule has 0 aromatic carbocycles. The fraction of sp³-hybridized carbons (Fsp3) is 0.429. The van der Waals surface area contributed by atoms with Gasteiger partial charge in [0, 0.05) is 24.8 Å². The third-order valence-electron chi connectivity index (χ3n) is 3.02. The summed E-state index contributed by atoms with van der Waals surface area (Å²) in [5, 5.41) is 9.66. The molecule has 0 bridgehead atoms. The molecule has 2 aliphatic carbocycles. The first kappa shape index (κ1) is 11.8. The minimum atomic E-state index is 0.00210. The number of allylic oxidation sites excluding steroid dienone is 6. The lowest BCUT2D eigenvalue weighted by Gasteiger charge is -2.11. The summed E-state index contributed by atoms with van der Waals surface area (Å²) in [5.41, 5.74) is 1.36. The Balaban J connectivity index is 2.11. The molecule has 3 nitrogen and oxygen atoms in total. The summed E-state index contributed by atoms with van der Waals surface area (Å²) in [4.78, 5) is 15.9. The molecule has 0 aromatic heterocycles. The summed E-state index contributed by atoms with van der Waals surface area (Å²) >= 11 is 0. The van der Waals surface area contributed by atoms with Crippen LogP contribution in [0.3, 0.4) is 0 Å². The summed E-state index contributed by atoms with van der Waals surface area (Å²) in [6.07, 6.45) is 12.5. The van der Waals surface area contributed by atoms with E-state index >= 15 is 0 Å². The molecule has 0 aliphatic heterocycles. The van der Waals surface area contributed by atoms with Crippen LogP contribution in [0, 0.1) is 0 Å². The van der Waals surface area contributed by atoms with Crippen LogP contribution in [0.1, 0.15) is 38.5 Å². The van der Waals surface area contributed by atoms with Crippen LogP contribution in [-0.2, 0) is 4.79 Å². The van der Waals surface area contributed by atoms with Crippen LogP contribution in [-0.4, -0.2) is 17.1 Å². The van der Waals surface area contributed by atoms with E-state index in [2.05, 4.69) is 11.1 Å². The number of ketones is 1. The molecule has 17 heavy (non-hydrogen) atoms. The molecule has 0 saturated carbocycles. The maximum atomic E-state index is 11.6. The second-order valence-corrected chi connectivity index (χ2v) is 4.37. The van der Waals surface area contributed by atoms with Crippen LogP contribution < -0.4 is 0 Å². The van der Waals surface area contributed by atoms with E-state index in [1.165, 1.54) is 6.21 Å². The monoisotopic (exact) mass is 231 g/mol. The topological polar surface area (TPSA) is 49.7 Å². The third kappa shape index (κ3) is 3.16. The van der Waals surface area contributed by atoms with Gasteiger partial charge in [0.2, 0.25) is 0 Å². The quantitative estimate of drug-likeness (QED) is 0.742. The van der Waals surface area contributed by atoms with Crippen molar-refractivity contribution in [3.05, 3.63) is 35.3 Å². The second-order valence-electron chi connectivity index (χ2n) is 4.37. The van der Waals surface area contributed by atoms with Crippen LogP contribution in [0.2, 0.25) is 0 Å². The number of nitrogens with zero attached hydrogens (tertiary/aromatic N) is 1. The molecule has 2 rings (SSSR count). The van der Waals surface area contributed by atoms with Crippen molar-refractivity contribution in [2.45, 2.75) is 38.5 Å². The summed E-state index contributed by atoms with van der Waals surface area (Å²) in [6, 6.07) is 0. The zero-order valence-electron chi connectivity index (χ0n) is 9.85. The van der Waals surface area contributed by atoms with Crippen molar-refractivity contribution in [1.29, 1.82) is 0 Å². The molecule has 0 heterocycles. The van der Waals surface area contributed by atoms with Crippen molar-refractivity contribution < 1.29 is 9.90 Å². The van der Waals surface area contributed by atoms with Gasteiger partial charge in [-0.15, -0.1) is 0 Å². The zero-order valence-corrected chi connectivity index (χ0v) is 9.85. The van der Waals surface area contributed by atoms with E-state index in [1.54, 1.807) is 0 Å². The van der Waals surface area contributed by atoms with Crippen LogP contribution in [0.25, 0.3) is 0 Å². The van der Waals surface area contributed by atoms with Gasteiger partial charge in [-0.1, -0.05) is 12.2 Å². The molecule has 0 aromatic rings. The van der Waals surface area contributed by atoms with Crippen LogP contribution in [0.15, 0.2) is 40.2 Å². The highest BCUT2D eigenvalue weighted by Gasteiger charge is 2.18. The average molecular weight is 231 g/mol. The largest absolute Gasteiger partial charge is 0.512 e. The zero-order chi connectivity index (χ0) is 12.1. The maximum Gasteiger partial charge on any atom is 0.167 e. The Labute approximate surface area is 101 Å². The molecule has 90 valence electrons. The van der Waals surface area contributed by atoms with Gasteiger partial charge in [-0.05, 0) is 31.8 Å². The molecule has 0 unspecified atom stereocenters. The Hall–Kier alpha value is -1.64.